The highest BCUT2D eigenvalue weighted by Gasteiger charge is 2.53. The van der Waals surface area contributed by atoms with Crippen molar-refractivity contribution in [2.24, 2.45) is 0 Å². The number of rotatable bonds is 6. The van der Waals surface area contributed by atoms with E-state index >= 15 is 0 Å². The molecule has 0 N–H and O–H groups in total. The molecule has 358 valence electrons. The first-order valence-corrected chi connectivity index (χ1v) is 28.1. The van der Waals surface area contributed by atoms with E-state index in [9.17, 15) is 0 Å². The van der Waals surface area contributed by atoms with Crippen LogP contribution >= 0.6 is 22.7 Å². The number of fused-ring (bicyclic) bond motifs is 21. The molecule has 0 saturated carbocycles. The molecule has 0 fully saturated rings. The summed E-state index contributed by atoms with van der Waals surface area (Å²) in [5.41, 5.74) is 16.9. The second-order valence-corrected chi connectivity index (χ2v) is 22.8. The molecule has 2 heterocycles. The van der Waals surface area contributed by atoms with Crippen LogP contribution in [0.15, 0.2) is 267 Å². The Hall–Kier alpha value is -9.32. The van der Waals surface area contributed by atoms with Gasteiger partial charge in [-0.25, -0.2) is 0 Å². The van der Waals surface area contributed by atoms with Gasteiger partial charge in [-0.1, -0.05) is 182 Å². The van der Waals surface area contributed by atoms with E-state index in [0.29, 0.717) is 0 Å². The molecule has 0 amide bonds. The van der Waals surface area contributed by atoms with Crippen molar-refractivity contribution < 1.29 is 0 Å². The van der Waals surface area contributed by atoms with Crippen molar-refractivity contribution in [1.82, 2.24) is 0 Å². The molecule has 2 aliphatic rings. The lowest BCUT2D eigenvalue weighted by molar-refractivity contribution is 0.803. The van der Waals surface area contributed by atoms with Crippen LogP contribution in [0.25, 0.3) is 94.9 Å². The molecular formula is C73H44N2S2. The van der Waals surface area contributed by atoms with Gasteiger partial charge in [-0.15, -0.1) is 22.7 Å². The fourth-order valence-electron chi connectivity index (χ4n) is 13.6. The first-order chi connectivity index (χ1) is 38.2. The SMILES string of the molecule is c1ccc(N(c2ccc3cc4c(cc3c2)C2(c3ccccc3-c3c2ccc2ccccc32)c2c-4ccc3cc(N(c4ccccc4)c4cccc5c4sc4ccccc45)ccc23)c2cccc3c2sc2ccccc23)cc1. The summed E-state index contributed by atoms with van der Waals surface area (Å²) in [5.74, 6) is 0. The van der Waals surface area contributed by atoms with Crippen molar-refractivity contribution in [1.29, 1.82) is 0 Å². The van der Waals surface area contributed by atoms with E-state index in [2.05, 4.69) is 277 Å². The van der Waals surface area contributed by atoms with Gasteiger partial charge in [0.2, 0.25) is 0 Å². The number of para-hydroxylation sites is 2. The van der Waals surface area contributed by atoms with Gasteiger partial charge in [-0.2, -0.15) is 0 Å². The van der Waals surface area contributed by atoms with Crippen LogP contribution in [0.1, 0.15) is 22.3 Å². The Morgan fingerprint density at radius 2 is 0.818 bits per heavy atom. The molecule has 1 atom stereocenters. The average molecular weight is 1010 g/mol. The fourth-order valence-corrected chi connectivity index (χ4v) is 16.0. The van der Waals surface area contributed by atoms with Crippen LogP contribution in [0.4, 0.5) is 34.1 Å². The first kappa shape index (κ1) is 43.0. The predicted molar refractivity (Wildman–Crippen MR) is 330 cm³/mol. The molecule has 77 heavy (non-hydrogen) atoms. The third-order valence-corrected chi connectivity index (χ3v) is 19.2. The Labute approximate surface area is 453 Å². The molecule has 0 bridgehead atoms. The summed E-state index contributed by atoms with van der Waals surface area (Å²) in [6.07, 6.45) is 0. The van der Waals surface area contributed by atoms with Gasteiger partial charge in [0.15, 0.2) is 0 Å². The molecule has 0 radical (unpaired) electrons. The Morgan fingerprint density at radius 1 is 0.273 bits per heavy atom. The maximum absolute atomic E-state index is 2.56. The maximum Gasteiger partial charge on any atom is 0.0731 e. The van der Waals surface area contributed by atoms with Crippen LogP contribution in [-0.4, -0.2) is 0 Å². The highest BCUT2D eigenvalue weighted by atomic mass is 32.1. The minimum Gasteiger partial charge on any atom is -0.309 e. The van der Waals surface area contributed by atoms with Gasteiger partial charge in [-0.3, -0.25) is 0 Å². The standard InChI is InChI=1S/C73H44N2S2/c1-3-18-49(19-4-1)74(65-29-15-26-58-55-23-10-13-31-67(55)76-71(58)65)51-36-33-46-43-61-57-38-34-47-41-52(75(50-20-5-2-6-21-50)66-30-16-27-59-56-24-11-14-32-68(56)77-72(59)66)37-39-54(47)70(57)73(64(61)44-48(46)42-51)62-28-12-9-25-60(62)69-53-22-8-7-17-45(53)35-40-63(69)73/h1-44H. The zero-order valence-corrected chi connectivity index (χ0v) is 43.2. The van der Waals surface area contributed by atoms with Crippen LogP contribution in [0.3, 0.4) is 0 Å². The number of anilines is 6. The normalized spacial score (nSPS) is 14.3. The van der Waals surface area contributed by atoms with Crippen molar-refractivity contribution in [3.63, 3.8) is 0 Å². The van der Waals surface area contributed by atoms with Crippen molar-refractivity contribution in [2.75, 3.05) is 9.80 Å². The summed E-state index contributed by atoms with van der Waals surface area (Å²) in [6.45, 7) is 0. The average Bonchev–Trinajstić information content (AvgIpc) is 4.34. The smallest absolute Gasteiger partial charge is 0.0731 e. The molecule has 0 aliphatic heterocycles. The predicted octanol–water partition coefficient (Wildman–Crippen LogP) is 21.2. The van der Waals surface area contributed by atoms with Crippen molar-refractivity contribution in [3.8, 4) is 22.3 Å². The molecule has 13 aromatic carbocycles. The number of benzene rings is 13. The number of hydrogen-bond acceptors (Lipinski definition) is 4. The summed E-state index contributed by atoms with van der Waals surface area (Å²) in [7, 11) is 0. The van der Waals surface area contributed by atoms with Gasteiger partial charge in [0.25, 0.3) is 0 Å². The largest absolute Gasteiger partial charge is 0.309 e. The molecule has 2 aliphatic carbocycles. The number of nitrogens with zero attached hydrogens (tertiary/aromatic N) is 2. The summed E-state index contributed by atoms with van der Waals surface area (Å²) >= 11 is 3.75. The van der Waals surface area contributed by atoms with Crippen molar-refractivity contribution in [3.05, 3.63) is 289 Å². The molecule has 4 heteroatoms. The van der Waals surface area contributed by atoms with Crippen LogP contribution in [-0.2, 0) is 5.41 Å². The summed E-state index contributed by atoms with van der Waals surface area (Å²) in [4.78, 5) is 4.93. The van der Waals surface area contributed by atoms with E-state index in [1.165, 1.54) is 129 Å². The lowest BCUT2D eigenvalue weighted by Gasteiger charge is -2.32. The van der Waals surface area contributed by atoms with E-state index in [4.69, 9.17) is 0 Å². The van der Waals surface area contributed by atoms with Gasteiger partial charge in [-0.05, 0) is 162 Å². The number of thiophene rings is 2. The molecule has 1 unspecified atom stereocenters. The van der Waals surface area contributed by atoms with Gasteiger partial charge in [0.1, 0.15) is 0 Å². The summed E-state index contributed by atoms with van der Waals surface area (Å²) in [6, 6.07) is 100. The molecule has 1 spiro atoms. The minimum absolute atomic E-state index is 0.602. The Balaban J connectivity index is 0.915. The Bertz CT molecular complexity index is 4950. The monoisotopic (exact) mass is 1010 g/mol. The molecule has 2 nitrogen and oxygen atoms in total. The van der Waals surface area contributed by atoms with Gasteiger partial charge in [0.05, 0.1) is 26.2 Å². The molecule has 0 saturated heterocycles. The van der Waals surface area contributed by atoms with Crippen molar-refractivity contribution in [2.45, 2.75) is 5.41 Å². The topological polar surface area (TPSA) is 6.48 Å². The molecule has 15 aromatic rings. The number of hydrogen-bond donors (Lipinski definition) is 0. The minimum atomic E-state index is -0.602. The third-order valence-electron chi connectivity index (χ3n) is 16.8. The Morgan fingerprint density at radius 3 is 1.51 bits per heavy atom. The second-order valence-electron chi connectivity index (χ2n) is 20.7. The second kappa shape index (κ2) is 16.3. The molecule has 17 rings (SSSR count). The molecular weight excluding hydrogens is 969 g/mol. The van der Waals surface area contributed by atoms with Crippen LogP contribution < -0.4 is 9.80 Å². The van der Waals surface area contributed by atoms with E-state index in [-0.39, 0.29) is 0 Å². The zero-order valence-electron chi connectivity index (χ0n) is 41.6. The summed E-state index contributed by atoms with van der Waals surface area (Å²) in [5, 5.41) is 12.6. The van der Waals surface area contributed by atoms with Gasteiger partial charge in [0, 0.05) is 53.7 Å². The summed E-state index contributed by atoms with van der Waals surface area (Å²) < 4.78 is 5.17. The van der Waals surface area contributed by atoms with E-state index in [0.717, 1.165) is 22.7 Å². The van der Waals surface area contributed by atoms with E-state index in [1.807, 2.05) is 22.7 Å². The Kier molecular flexibility index (Phi) is 9.12. The van der Waals surface area contributed by atoms with Crippen molar-refractivity contribution >= 4 is 129 Å². The lowest BCUT2D eigenvalue weighted by Crippen LogP contribution is -2.26. The van der Waals surface area contributed by atoms with E-state index in [1.54, 1.807) is 0 Å². The quantitative estimate of drug-likeness (QED) is 0.164. The highest BCUT2D eigenvalue weighted by molar-refractivity contribution is 7.26. The van der Waals surface area contributed by atoms with Gasteiger partial charge >= 0.3 is 0 Å². The first-order valence-electron chi connectivity index (χ1n) is 26.5. The van der Waals surface area contributed by atoms with Crippen LogP contribution in [0.2, 0.25) is 0 Å². The fraction of sp³-hybridized carbons (Fsp3) is 0.0137. The van der Waals surface area contributed by atoms with Crippen LogP contribution in [0.5, 0.6) is 0 Å². The molecule has 2 aromatic heterocycles. The zero-order chi connectivity index (χ0) is 50.3. The van der Waals surface area contributed by atoms with E-state index < -0.39 is 5.41 Å². The third kappa shape index (κ3) is 6.05. The maximum atomic E-state index is 2.56. The van der Waals surface area contributed by atoms with Gasteiger partial charge < -0.3 is 9.80 Å². The highest BCUT2D eigenvalue weighted by Crippen LogP contribution is 2.66. The lowest BCUT2D eigenvalue weighted by atomic mass is 9.69. The van der Waals surface area contributed by atoms with Crippen LogP contribution in [0, 0.1) is 0 Å².